The first-order chi connectivity index (χ1) is 16.3. The lowest BCUT2D eigenvalue weighted by Gasteiger charge is -2.15. The molecule has 10 heteroatoms. The summed E-state index contributed by atoms with van der Waals surface area (Å²) >= 11 is 5.70. The number of nitrogens with one attached hydrogen (secondary N) is 2. The molecule has 1 aliphatic rings. The second-order valence-electron chi connectivity index (χ2n) is 8.09. The van der Waals surface area contributed by atoms with Crippen LogP contribution < -0.4 is 15.4 Å². The molecule has 2 aromatic carbocycles. The van der Waals surface area contributed by atoms with Gasteiger partial charge in [0.05, 0.1) is 10.6 Å². The lowest BCUT2D eigenvalue weighted by atomic mass is 10.2. The fourth-order valence-electron chi connectivity index (χ4n) is 3.65. The molecular formula is C24H25ClF3N5O. The molecule has 0 saturated carbocycles. The zero-order valence-electron chi connectivity index (χ0n) is 18.6. The van der Waals surface area contributed by atoms with E-state index in [2.05, 4.69) is 25.5 Å². The SMILES string of the molecule is Cc1cnc(Nc2ccc(OCCN3CCCC3)cc2)nc1Nc1ccc(Cl)c(C(F)(F)F)c1. The molecule has 1 aliphatic heterocycles. The second-order valence-corrected chi connectivity index (χ2v) is 8.50. The summed E-state index contributed by atoms with van der Waals surface area (Å²) in [5.74, 6) is 1.47. The van der Waals surface area contributed by atoms with Crippen molar-refractivity contribution in [2.75, 3.05) is 36.9 Å². The summed E-state index contributed by atoms with van der Waals surface area (Å²) in [6, 6.07) is 11.1. The number of nitrogens with zero attached hydrogens (tertiary/aromatic N) is 3. The third-order valence-corrected chi connectivity index (χ3v) is 5.82. The zero-order valence-corrected chi connectivity index (χ0v) is 19.4. The number of halogens is 4. The number of benzene rings is 2. The summed E-state index contributed by atoms with van der Waals surface area (Å²) < 4.78 is 45.3. The minimum Gasteiger partial charge on any atom is -0.492 e. The van der Waals surface area contributed by atoms with Crippen molar-refractivity contribution in [2.24, 2.45) is 0 Å². The first-order valence-electron chi connectivity index (χ1n) is 11.0. The molecular weight excluding hydrogens is 467 g/mol. The van der Waals surface area contributed by atoms with Gasteiger partial charge in [-0.3, -0.25) is 4.90 Å². The van der Waals surface area contributed by atoms with Crippen LogP contribution in [0.1, 0.15) is 24.0 Å². The van der Waals surface area contributed by atoms with Crippen molar-refractivity contribution in [2.45, 2.75) is 25.9 Å². The Morgan fingerprint density at radius 2 is 1.74 bits per heavy atom. The van der Waals surface area contributed by atoms with Gasteiger partial charge in [-0.2, -0.15) is 18.2 Å². The highest BCUT2D eigenvalue weighted by Crippen LogP contribution is 2.36. The summed E-state index contributed by atoms with van der Waals surface area (Å²) in [6.45, 7) is 5.61. The second kappa shape index (κ2) is 10.5. The maximum absolute atomic E-state index is 13.2. The van der Waals surface area contributed by atoms with E-state index in [-0.39, 0.29) is 10.7 Å². The largest absolute Gasteiger partial charge is 0.492 e. The topological polar surface area (TPSA) is 62.3 Å². The van der Waals surface area contributed by atoms with Crippen molar-refractivity contribution in [1.29, 1.82) is 0 Å². The van der Waals surface area contributed by atoms with Crippen LogP contribution >= 0.6 is 11.6 Å². The van der Waals surface area contributed by atoms with Gasteiger partial charge in [0.1, 0.15) is 18.2 Å². The molecule has 34 heavy (non-hydrogen) atoms. The van der Waals surface area contributed by atoms with Crippen molar-refractivity contribution in [3.63, 3.8) is 0 Å². The molecule has 6 nitrogen and oxygen atoms in total. The Morgan fingerprint density at radius 3 is 2.44 bits per heavy atom. The van der Waals surface area contributed by atoms with Crippen LogP contribution in [-0.2, 0) is 6.18 Å². The minimum absolute atomic E-state index is 0.222. The van der Waals surface area contributed by atoms with Gasteiger partial charge < -0.3 is 15.4 Å². The third kappa shape index (κ3) is 6.30. The van der Waals surface area contributed by atoms with Crippen LogP contribution in [0.4, 0.5) is 36.3 Å². The molecule has 1 fully saturated rings. The molecule has 0 atom stereocenters. The van der Waals surface area contributed by atoms with E-state index < -0.39 is 11.7 Å². The van der Waals surface area contributed by atoms with Crippen LogP contribution in [-0.4, -0.2) is 41.1 Å². The summed E-state index contributed by atoms with van der Waals surface area (Å²) in [6.07, 6.45) is -0.444. The number of anilines is 4. The molecule has 3 aromatic rings. The van der Waals surface area contributed by atoms with Crippen LogP contribution in [0.15, 0.2) is 48.7 Å². The lowest BCUT2D eigenvalue weighted by Crippen LogP contribution is -2.25. The molecule has 4 rings (SSSR count). The van der Waals surface area contributed by atoms with Crippen LogP contribution in [0.3, 0.4) is 0 Å². The fraction of sp³-hybridized carbons (Fsp3) is 0.333. The van der Waals surface area contributed by atoms with E-state index >= 15 is 0 Å². The smallest absolute Gasteiger partial charge is 0.417 e. The molecule has 0 amide bonds. The molecule has 180 valence electrons. The highest BCUT2D eigenvalue weighted by molar-refractivity contribution is 6.31. The fourth-order valence-corrected chi connectivity index (χ4v) is 3.87. The number of hydrogen-bond donors (Lipinski definition) is 2. The molecule has 2 heterocycles. The molecule has 1 saturated heterocycles. The molecule has 0 radical (unpaired) electrons. The maximum atomic E-state index is 13.2. The van der Waals surface area contributed by atoms with Crippen molar-refractivity contribution in [3.8, 4) is 5.75 Å². The number of ether oxygens (including phenoxy) is 1. The summed E-state index contributed by atoms with van der Waals surface area (Å²) in [7, 11) is 0. The monoisotopic (exact) mass is 491 g/mol. The number of hydrogen-bond acceptors (Lipinski definition) is 6. The summed E-state index contributed by atoms with van der Waals surface area (Å²) in [5.41, 5.74) is 0.746. The van der Waals surface area contributed by atoms with Crippen molar-refractivity contribution >= 4 is 34.7 Å². The summed E-state index contributed by atoms with van der Waals surface area (Å²) in [5, 5.41) is 5.66. The Hall–Kier alpha value is -3.04. The van der Waals surface area contributed by atoms with Crippen LogP contribution in [0.2, 0.25) is 5.02 Å². The van der Waals surface area contributed by atoms with Gasteiger partial charge in [0, 0.05) is 29.7 Å². The van der Waals surface area contributed by atoms with E-state index in [1.54, 1.807) is 13.1 Å². The first kappa shape index (κ1) is 24.1. The normalized spacial score (nSPS) is 14.3. The van der Waals surface area contributed by atoms with E-state index in [0.29, 0.717) is 23.9 Å². The van der Waals surface area contributed by atoms with E-state index in [9.17, 15) is 13.2 Å². The Balaban J connectivity index is 1.39. The third-order valence-electron chi connectivity index (χ3n) is 5.49. The van der Waals surface area contributed by atoms with Gasteiger partial charge in [0.25, 0.3) is 0 Å². The van der Waals surface area contributed by atoms with E-state index in [1.165, 1.54) is 25.0 Å². The Bertz CT molecular complexity index is 1120. The minimum atomic E-state index is -4.55. The number of alkyl halides is 3. The Morgan fingerprint density at radius 1 is 1.03 bits per heavy atom. The number of aromatic nitrogens is 2. The van der Waals surface area contributed by atoms with Gasteiger partial charge in [0.15, 0.2) is 0 Å². The molecule has 0 unspecified atom stereocenters. The van der Waals surface area contributed by atoms with Gasteiger partial charge in [-0.25, -0.2) is 4.98 Å². The lowest BCUT2D eigenvalue weighted by molar-refractivity contribution is -0.137. The van der Waals surface area contributed by atoms with Crippen molar-refractivity contribution < 1.29 is 17.9 Å². The van der Waals surface area contributed by atoms with Crippen LogP contribution in [0.25, 0.3) is 0 Å². The predicted octanol–water partition coefficient (Wildman–Crippen LogP) is 6.42. The average Bonchev–Trinajstić information content (AvgIpc) is 3.31. The quantitative estimate of drug-likeness (QED) is 0.379. The number of likely N-dealkylation sites (tertiary alicyclic amines) is 1. The number of aryl methyl sites for hydroxylation is 1. The van der Waals surface area contributed by atoms with Gasteiger partial charge in [-0.1, -0.05) is 11.6 Å². The predicted molar refractivity (Wildman–Crippen MR) is 127 cm³/mol. The highest BCUT2D eigenvalue weighted by Gasteiger charge is 2.33. The van der Waals surface area contributed by atoms with Crippen molar-refractivity contribution in [1.82, 2.24) is 14.9 Å². The average molecular weight is 492 g/mol. The van der Waals surface area contributed by atoms with Crippen LogP contribution in [0, 0.1) is 6.92 Å². The van der Waals surface area contributed by atoms with Gasteiger partial charge in [-0.05, 0) is 75.3 Å². The molecule has 1 aromatic heterocycles. The zero-order chi connectivity index (χ0) is 24.1. The Kier molecular flexibility index (Phi) is 7.43. The molecule has 0 spiro atoms. The molecule has 0 aliphatic carbocycles. The van der Waals surface area contributed by atoms with E-state index in [0.717, 1.165) is 37.1 Å². The van der Waals surface area contributed by atoms with Crippen molar-refractivity contribution in [3.05, 3.63) is 64.8 Å². The van der Waals surface area contributed by atoms with Gasteiger partial charge >= 0.3 is 6.18 Å². The summed E-state index contributed by atoms with van der Waals surface area (Å²) in [4.78, 5) is 11.1. The van der Waals surface area contributed by atoms with E-state index in [4.69, 9.17) is 16.3 Å². The molecule has 2 N–H and O–H groups in total. The van der Waals surface area contributed by atoms with E-state index in [1.807, 2.05) is 24.3 Å². The maximum Gasteiger partial charge on any atom is 0.417 e. The first-order valence-corrected chi connectivity index (χ1v) is 11.4. The number of rotatable bonds is 8. The standard InChI is InChI=1S/C24H25ClF3N5O/c1-16-15-29-23(32-22(16)30-18-6-9-21(25)20(14-18)24(26,27)28)31-17-4-7-19(8-5-17)34-13-12-33-10-2-3-11-33/h4-9,14-15H,2-3,10-13H2,1H3,(H2,29,30,31,32). The van der Waals surface area contributed by atoms with Gasteiger partial charge in [0.2, 0.25) is 5.95 Å². The van der Waals surface area contributed by atoms with Crippen LogP contribution in [0.5, 0.6) is 5.75 Å². The van der Waals surface area contributed by atoms with Gasteiger partial charge in [-0.15, -0.1) is 0 Å². The Labute approximate surface area is 201 Å². The highest BCUT2D eigenvalue weighted by atomic mass is 35.5. The molecule has 0 bridgehead atoms.